The van der Waals surface area contributed by atoms with Gasteiger partial charge in [0.25, 0.3) is 0 Å². The second-order valence-corrected chi connectivity index (χ2v) is 3.45. The minimum atomic E-state index is -1.19. The molecule has 4 heteroatoms. The SMILES string of the molecule is Fc1cc(F)c(OCC2CC2)cc1F. The summed E-state index contributed by atoms with van der Waals surface area (Å²) in [5, 5.41) is 0. The highest BCUT2D eigenvalue weighted by Crippen LogP contribution is 2.30. The molecule has 0 amide bonds. The van der Waals surface area contributed by atoms with Crippen LogP contribution < -0.4 is 4.74 Å². The normalized spacial score (nSPS) is 15.6. The lowest BCUT2D eigenvalue weighted by atomic mass is 10.3. The molecule has 2 rings (SSSR count). The zero-order chi connectivity index (χ0) is 10.1. The first-order chi connectivity index (χ1) is 6.66. The Morgan fingerprint density at radius 2 is 1.71 bits per heavy atom. The van der Waals surface area contributed by atoms with E-state index in [2.05, 4.69) is 0 Å². The third kappa shape index (κ3) is 2.00. The van der Waals surface area contributed by atoms with Crippen LogP contribution in [0, 0.1) is 23.4 Å². The topological polar surface area (TPSA) is 9.23 Å². The molecule has 0 atom stereocenters. The molecule has 1 aliphatic carbocycles. The largest absolute Gasteiger partial charge is 0.490 e. The number of benzene rings is 1. The van der Waals surface area contributed by atoms with Gasteiger partial charge in [-0.05, 0) is 18.8 Å². The number of rotatable bonds is 3. The van der Waals surface area contributed by atoms with E-state index in [0.29, 0.717) is 18.6 Å². The van der Waals surface area contributed by atoms with Crippen LogP contribution in [-0.2, 0) is 0 Å². The van der Waals surface area contributed by atoms with E-state index in [1.165, 1.54) is 0 Å². The van der Waals surface area contributed by atoms with Gasteiger partial charge in [0.15, 0.2) is 23.2 Å². The summed E-state index contributed by atoms with van der Waals surface area (Å²) in [6, 6.07) is 1.24. The predicted octanol–water partition coefficient (Wildman–Crippen LogP) is 2.89. The van der Waals surface area contributed by atoms with Gasteiger partial charge in [0.1, 0.15) is 0 Å². The van der Waals surface area contributed by atoms with E-state index >= 15 is 0 Å². The smallest absolute Gasteiger partial charge is 0.168 e. The molecule has 1 aliphatic rings. The maximum Gasteiger partial charge on any atom is 0.168 e. The van der Waals surface area contributed by atoms with Crippen LogP contribution in [0.5, 0.6) is 5.75 Å². The quantitative estimate of drug-likeness (QED) is 0.685. The van der Waals surface area contributed by atoms with Crippen LogP contribution in [0.15, 0.2) is 12.1 Å². The van der Waals surface area contributed by atoms with Gasteiger partial charge in [-0.15, -0.1) is 0 Å². The van der Waals surface area contributed by atoms with Gasteiger partial charge in [-0.2, -0.15) is 0 Å². The van der Waals surface area contributed by atoms with E-state index in [9.17, 15) is 13.2 Å². The molecule has 1 aromatic carbocycles. The molecular formula is C10H9F3O. The Morgan fingerprint density at radius 3 is 2.36 bits per heavy atom. The van der Waals surface area contributed by atoms with Gasteiger partial charge in [0.2, 0.25) is 0 Å². The van der Waals surface area contributed by atoms with Gasteiger partial charge in [0.05, 0.1) is 6.61 Å². The summed E-state index contributed by atoms with van der Waals surface area (Å²) in [6.07, 6.45) is 2.12. The Morgan fingerprint density at radius 1 is 1.07 bits per heavy atom. The molecule has 0 aliphatic heterocycles. The van der Waals surface area contributed by atoms with Crippen molar-refractivity contribution in [3.05, 3.63) is 29.6 Å². The molecule has 0 N–H and O–H groups in total. The second-order valence-electron chi connectivity index (χ2n) is 3.45. The van der Waals surface area contributed by atoms with Gasteiger partial charge in [-0.25, -0.2) is 13.2 Å². The van der Waals surface area contributed by atoms with Crippen LogP contribution in [0.2, 0.25) is 0 Å². The van der Waals surface area contributed by atoms with Gasteiger partial charge in [0, 0.05) is 12.1 Å². The van der Waals surface area contributed by atoms with Crippen LogP contribution in [0.25, 0.3) is 0 Å². The van der Waals surface area contributed by atoms with Crippen molar-refractivity contribution in [1.29, 1.82) is 0 Å². The Kier molecular flexibility index (Phi) is 2.35. The highest BCUT2D eigenvalue weighted by Gasteiger charge is 2.22. The lowest BCUT2D eigenvalue weighted by molar-refractivity contribution is 0.282. The van der Waals surface area contributed by atoms with Crippen LogP contribution in [-0.4, -0.2) is 6.61 Å². The molecule has 76 valence electrons. The van der Waals surface area contributed by atoms with E-state index in [1.54, 1.807) is 0 Å². The molecule has 0 saturated heterocycles. The van der Waals surface area contributed by atoms with Crippen molar-refractivity contribution in [1.82, 2.24) is 0 Å². The Bertz CT molecular complexity index is 347. The average Bonchev–Trinajstić information content (AvgIpc) is 2.92. The van der Waals surface area contributed by atoms with Crippen LogP contribution in [0.3, 0.4) is 0 Å². The van der Waals surface area contributed by atoms with Crippen molar-refractivity contribution in [2.45, 2.75) is 12.8 Å². The number of hydrogen-bond acceptors (Lipinski definition) is 1. The lowest BCUT2D eigenvalue weighted by Crippen LogP contribution is -2.02. The van der Waals surface area contributed by atoms with Crippen molar-refractivity contribution >= 4 is 0 Å². The molecule has 1 fully saturated rings. The van der Waals surface area contributed by atoms with E-state index in [1.807, 2.05) is 0 Å². The fraction of sp³-hybridized carbons (Fsp3) is 0.400. The van der Waals surface area contributed by atoms with Gasteiger partial charge >= 0.3 is 0 Å². The fourth-order valence-corrected chi connectivity index (χ4v) is 1.11. The van der Waals surface area contributed by atoms with Crippen molar-refractivity contribution < 1.29 is 17.9 Å². The average molecular weight is 202 g/mol. The van der Waals surface area contributed by atoms with Crippen LogP contribution >= 0.6 is 0 Å². The number of ether oxygens (including phenoxy) is 1. The molecule has 1 nitrogen and oxygen atoms in total. The third-order valence-electron chi connectivity index (χ3n) is 2.15. The summed E-state index contributed by atoms with van der Waals surface area (Å²) >= 11 is 0. The van der Waals surface area contributed by atoms with Gasteiger partial charge in [-0.3, -0.25) is 0 Å². The zero-order valence-corrected chi connectivity index (χ0v) is 7.40. The third-order valence-corrected chi connectivity index (χ3v) is 2.15. The first-order valence-electron chi connectivity index (χ1n) is 4.44. The summed E-state index contributed by atoms with van der Waals surface area (Å²) in [5.41, 5.74) is 0. The summed E-state index contributed by atoms with van der Waals surface area (Å²) in [6.45, 7) is 0.377. The first kappa shape index (κ1) is 9.37. The predicted molar refractivity (Wildman–Crippen MR) is 44.5 cm³/mol. The van der Waals surface area contributed by atoms with Crippen molar-refractivity contribution in [3.8, 4) is 5.75 Å². The maximum absolute atomic E-state index is 13.0. The number of halogens is 3. The van der Waals surface area contributed by atoms with E-state index in [0.717, 1.165) is 18.9 Å². The molecule has 0 aromatic heterocycles. The monoisotopic (exact) mass is 202 g/mol. The summed E-state index contributed by atoms with van der Waals surface area (Å²) < 4.78 is 43.2. The first-order valence-corrected chi connectivity index (χ1v) is 4.44. The van der Waals surface area contributed by atoms with E-state index in [4.69, 9.17) is 4.74 Å². The second kappa shape index (κ2) is 3.52. The molecule has 1 aromatic rings. The van der Waals surface area contributed by atoms with E-state index < -0.39 is 17.5 Å². The molecule has 0 bridgehead atoms. The van der Waals surface area contributed by atoms with Gasteiger partial charge in [-0.1, -0.05) is 0 Å². The summed E-state index contributed by atoms with van der Waals surface area (Å²) in [7, 11) is 0. The Hall–Kier alpha value is -1.19. The molecule has 0 heterocycles. The fourth-order valence-electron chi connectivity index (χ4n) is 1.11. The highest BCUT2D eigenvalue weighted by atomic mass is 19.2. The highest BCUT2D eigenvalue weighted by molar-refractivity contribution is 5.26. The molecule has 0 radical (unpaired) electrons. The standard InChI is InChI=1S/C10H9F3O/c11-7-3-9(13)10(4-8(7)12)14-5-6-1-2-6/h3-4,6H,1-2,5H2. The molecular weight excluding hydrogens is 193 g/mol. The van der Waals surface area contributed by atoms with Crippen LogP contribution in [0.1, 0.15) is 12.8 Å². The number of hydrogen-bond donors (Lipinski definition) is 0. The molecule has 0 unspecified atom stereocenters. The van der Waals surface area contributed by atoms with Gasteiger partial charge < -0.3 is 4.74 Å². The summed E-state index contributed by atoms with van der Waals surface area (Å²) in [4.78, 5) is 0. The Balaban J connectivity index is 2.10. The van der Waals surface area contributed by atoms with Crippen molar-refractivity contribution in [2.24, 2.45) is 5.92 Å². The van der Waals surface area contributed by atoms with Crippen LogP contribution in [0.4, 0.5) is 13.2 Å². The molecule has 14 heavy (non-hydrogen) atoms. The lowest BCUT2D eigenvalue weighted by Gasteiger charge is -2.06. The minimum Gasteiger partial charge on any atom is -0.490 e. The van der Waals surface area contributed by atoms with E-state index in [-0.39, 0.29) is 5.75 Å². The van der Waals surface area contributed by atoms with Crippen molar-refractivity contribution in [2.75, 3.05) is 6.61 Å². The minimum absolute atomic E-state index is 0.212. The molecule has 0 spiro atoms. The maximum atomic E-state index is 13.0. The zero-order valence-electron chi connectivity index (χ0n) is 7.40. The summed E-state index contributed by atoms with van der Waals surface area (Å²) in [5.74, 6) is -2.90. The van der Waals surface area contributed by atoms with Crippen molar-refractivity contribution in [3.63, 3.8) is 0 Å². The Labute approximate surface area is 79.5 Å². The molecule has 1 saturated carbocycles.